The van der Waals surface area contributed by atoms with Crippen LogP contribution in [0.5, 0.6) is 0 Å². The molecule has 0 spiro atoms. The number of fused-ring (bicyclic) bond motifs is 1. The number of rotatable bonds is 6. The fourth-order valence-electron chi connectivity index (χ4n) is 3.45. The number of nitrogens with one attached hydrogen (secondary N) is 1. The summed E-state index contributed by atoms with van der Waals surface area (Å²) in [6.07, 6.45) is 3.51. The van der Waals surface area contributed by atoms with E-state index in [1.165, 1.54) is 6.33 Å². The highest BCUT2D eigenvalue weighted by atomic mass is 28.4. The summed E-state index contributed by atoms with van der Waals surface area (Å²) < 4.78 is 14.5. The van der Waals surface area contributed by atoms with E-state index in [-0.39, 0.29) is 23.7 Å². The molecule has 1 radical (unpaired) electrons. The number of aromatic nitrogens is 4. The normalized spacial score (nSPS) is 21.5. The van der Waals surface area contributed by atoms with Crippen LogP contribution in [0.2, 0.25) is 18.1 Å². The van der Waals surface area contributed by atoms with Gasteiger partial charge >= 0.3 is 0 Å². The van der Waals surface area contributed by atoms with Crippen molar-refractivity contribution in [1.82, 2.24) is 19.5 Å². The van der Waals surface area contributed by atoms with Gasteiger partial charge in [-0.15, -0.1) is 0 Å². The van der Waals surface area contributed by atoms with Gasteiger partial charge in [-0.05, 0) is 30.3 Å². The van der Waals surface area contributed by atoms with Crippen molar-refractivity contribution in [2.45, 2.75) is 57.3 Å². The van der Waals surface area contributed by atoms with Crippen LogP contribution in [0.4, 0.5) is 5.82 Å². The van der Waals surface area contributed by atoms with Crippen molar-refractivity contribution >= 4 is 31.2 Å². The molecule has 3 aromatic rings. The summed E-state index contributed by atoms with van der Waals surface area (Å²) in [6, 6.07) is 8.90. The minimum atomic E-state index is -2.12. The van der Waals surface area contributed by atoms with E-state index < -0.39 is 20.6 Å². The molecule has 175 valence electrons. The Hall–Kier alpha value is -2.66. The van der Waals surface area contributed by atoms with E-state index in [1.807, 2.05) is 12.5 Å². The third-order valence-corrected chi connectivity index (χ3v) is 10.8. The first-order chi connectivity index (χ1) is 15.6. The van der Waals surface area contributed by atoms with Gasteiger partial charge < -0.3 is 19.6 Å². The lowest BCUT2D eigenvalue weighted by molar-refractivity contribution is -0.0455. The second-order valence-electron chi connectivity index (χ2n) is 9.65. The van der Waals surface area contributed by atoms with Crippen LogP contribution >= 0.6 is 0 Å². The highest BCUT2D eigenvalue weighted by Crippen LogP contribution is 2.42. The molecule has 3 atom stereocenters. The van der Waals surface area contributed by atoms with Crippen molar-refractivity contribution in [2.24, 2.45) is 0 Å². The summed E-state index contributed by atoms with van der Waals surface area (Å²) in [5.41, 5.74) is 1.48. The Morgan fingerprint density at radius 3 is 2.61 bits per heavy atom. The zero-order valence-corrected chi connectivity index (χ0v) is 20.5. The Morgan fingerprint density at radius 2 is 1.94 bits per heavy atom. The van der Waals surface area contributed by atoms with Gasteiger partial charge in [-0.3, -0.25) is 9.36 Å². The molecule has 0 saturated carbocycles. The van der Waals surface area contributed by atoms with E-state index in [2.05, 4.69) is 54.1 Å². The molecule has 0 unspecified atom stereocenters. The highest BCUT2D eigenvalue weighted by Gasteiger charge is 2.45. The molecule has 1 saturated heterocycles. The molecule has 1 aliphatic heterocycles. The maximum absolute atomic E-state index is 12.6. The molecule has 2 N–H and O–H groups in total. The Labute approximate surface area is 194 Å². The number of amides is 1. The number of anilines is 1. The number of imidazole rings is 1. The molecular weight excluding hydrogens is 438 g/mol. The fraction of sp³-hybridized carbons (Fsp3) is 0.435. The van der Waals surface area contributed by atoms with Gasteiger partial charge in [-0.1, -0.05) is 39.0 Å². The first-order valence-corrected chi connectivity index (χ1v) is 13.8. The number of ether oxygens (including phenoxy) is 1. The quantitative estimate of drug-likeness (QED) is 0.532. The zero-order chi connectivity index (χ0) is 23.8. The standard InChI is InChI=1S/C23H30N5O4Si/c1-23(2,3)33(4,5)32-17-11-16(12-29)31-22(17)28-14-26-18-19(24-13-25-20(18)28)27-21(30)15-9-7-6-8-10-15/h6-11,13-14,16-17,22,29H,12H2,1-5H3,(H,24,25,27,30)/t16-,17-,22-/m1/s1. The molecule has 1 aromatic carbocycles. The minimum absolute atomic E-state index is 0.0107. The predicted octanol–water partition coefficient (Wildman–Crippen LogP) is 3.56. The smallest absolute Gasteiger partial charge is 0.256 e. The summed E-state index contributed by atoms with van der Waals surface area (Å²) >= 11 is 0. The highest BCUT2D eigenvalue weighted by molar-refractivity contribution is 6.74. The number of carbonyl (C=O) groups excluding carboxylic acids is 1. The van der Waals surface area contributed by atoms with Crippen LogP contribution < -0.4 is 5.32 Å². The molecule has 33 heavy (non-hydrogen) atoms. The van der Waals surface area contributed by atoms with E-state index in [1.54, 1.807) is 35.2 Å². The van der Waals surface area contributed by atoms with Crippen LogP contribution in [0.3, 0.4) is 0 Å². The number of hydrogen-bond donors (Lipinski definition) is 2. The second kappa shape index (κ2) is 8.94. The molecule has 1 fully saturated rings. The van der Waals surface area contributed by atoms with Gasteiger partial charge in [0.2, 0.25) is 0 Å². The van der Waals surface area contributed by atoms with Gasteiger partial charge in [0.25, 0.3) is 5.91 Å². The van der Waals surface area contributed by atoms with Gasteiger partial charge in [0.15, 0.2) is 31.5 Å². The van der Waals surface area contributed by atoms with E-state index in [0.717, 1.165) is 0 Å². The van der Waals surface area contributed by atoms with Crippen LogP contribution in [-0.2, 0) is 9.16 Å². The molecule has 9 nitrogen and oxygen atoms in total. The molecule has 4 rings (SSSR count). The molecule has 1 aliphatic rings. The average molecular weight is 469 g/mol. The van der Waals surface area contributed by atoms with Crippen LogP contribution in [0.15, 0.2) is 43.0 Å². The summed E-state index contributed by atoms with van der Waals surface area (Å²) in [5.74, 6) is 0.0326. The maximum atomic E-state index is 12.6. The van der Waals surface area contributed by atoms with E-state index in [9.17, 15) is 9.90 Å². The van der Waals surface area contributed by atoms with Crippen LogP contribution in [0, 0.1) is 6.42 Å². The van der Waals surface area contributed by atoms with Crippen molar-refractivity contribution in [2.75, 3.05) is 11.9 Å². The Morgan fingerprint density at radius 1 is 1.21 bits per heavy atom. The number of aliphatic hydroxyl groups excluding tert-OH is 1. The van der Waals surface area contributed by atoms with Gasteiger partial charge in [-0.25, -0.2) is 15.0 Å². The van der Waals surface area contributed by atoms with E-state index >= 15 is 0 Å². The lowest BCUT2D eigenvalue weighted by atomic mass is 10.2. The monoisotopic (exact) mass is 468 g/mol. The number of nitrogens with zero attached hydrogens (tertiary/aromatic N) is 4. The molecule has 1 amide bonds. The third-order valence-electron chi connectivity index (χ3n) is 6.32. The first-order valence-electron chi connectivity index (χ1n) is 10.9. The van der Waals surface area contributed by atoms with Crippen molar-refractivity contribution in [3.05, 3.63) is 55.0 Å². The number of hydrogen-bond acceptors (Lipinski definition) is 7. The van der Waals surface area contributed by atoms with Gasteiger partial charge in [0, 0.05) is 12.0 Å². The van der Waals surface area contributed by atoms with Gasteiger partial charge in [-0.2, -0.15) is 0 Å². The summed E-state index contributed by atoms with van der Waals surface area (Å²) in [4.78, 5) is 25.7. The largest absolute Gasteiger partial charge is 0.409 e. The summed E-state index contributed by atoms with van der Waals surface area (Å²) in [7, 11) is -2.12. The minimum Gasteiger partial charge on any atom is -0.409 e. The van der Waals surface area contributed by atoms with Crippen molar-refractivity contribution < 1.29 is 19.1 Å². The number of benzene rings is 1. The maximum Gasteiger partial charge on any atom is 0.256 e. The molecule has 0 aliphatic carbocycles. The molecule has 0 bridgehead atoms. The van der Waals surface area contributed by atoms with Crippen LogP contribution in [0.1, 0.15) is 37.4 Å². The van der Waals surface area contributed by atoms with Crippen LogP contribution in [0.25, 0.3) is 11.2 Å². The SMILES string of the molecule is CC(C)(C)[Si](C)(C)O[C@@H]1[CH][C@H](CO)O[C@H]1n1cnc2c(NC(=O)c3ccccc3)ncnc21. The fourth-order valence-corrected chi connectivity index (χ4v) is 4.68. The first kappa shape index (κ1) is 23.5. The summed E-state index contributed by atoms with van der Waals surface area (Å²) in [6.45, 7) is 10.7. The number of aliphatic hydroxyl groups is 1. The topological polar surface area (TPSA) is 111 Å². The van der Waals surface area contributed by atoms with E-state index in [0.29, 0.717) is 22.5 Å². The van der Waals surface area contributed by atoms with Crippen molar-refractivity contribution in [3.63, 3.8) is 0 Å². The second-order valence-corrected chi connectivity index (χ2v) is 14.4. The van der Waals surface area contributed by atoms with Gasteiger partial charge in [0.05, 0.1) is 25.1 Å². The van der Waals surface area contributed by atoms with Crippen molar-refractivity contribution in [1.29, 1.82) is 0 Å². The molecule has 10 heteroatoms. The average Bonchev–Trinajstić information content (AvgIpc) is 3.37. The zero-order valence-electron chi connectivity index (χ0n) is 19.5. The summed E-state index contributed by atoms with van der Waals surface area (Å²) in [5, 5.41) is 12.5. The van der Waals surface area contributed by atoms with Gasteiger partial charge in [0.1, 0.15) is 6.33 Å². The number of carbonyl (C=O) groups is 1. The molecule has 3 heterocycles. The predicted molar refractivity (Wildman–Crippen MR) is 127 cm³/mol. The lowest BCUT2D eigenvalue weighted by Crippen LogP contribution is -2.45. The lowest BCUT2D eigenvalue weighted by Gasteiger charge is -2.39. The Kier molecular flexibility index (Phi) is 6.36. The van der Waals surface area contributed by atoms with Crippen LogP contribution in [-0.4, -0.2) is 57.7 Å². The Balaban J connectivity index is 1.64. The van der Waals surface area contributed by atoms with Crippen molar-refractivity contribution in [3.8, 4) is 0 Å². The third kappa shape index (κ3) is 4.69. The molecule has 2 aromatic heterocycles. The van der Waals surface area contributed by atoms with E-state index in [4.69, 9.17) is 9.16 Å². The Bertz CT molecular complexity index is 1130. The molecular formula is C23H30N5O4Si.